The number of aromatic nitrogens is 2. The highest BCUT2D eigenvalue weighted by Crippen LogP contribution is 2.31. The third-order valence-electron chi connectivity index (χ3n) is 4.60. The zero-order chi connectivity index (χ0) is 19.1. The van der Waals surface area contributed by atoms with Crippen molar-refractivity contribution in [3.63, 3.8) is 0 Å². The standard InChI is InChI=1S/C22H15N3O2S/c1-13-16-6-2-3-7-19(16)28-20(13)21(26)24-15-8-9-18-17(11-15)25-22(27-18)14-5-4-10-23-12-14/h2-12H,1H3,(H,24,26). The molecule has 2 aromatic carbocycles. The number of aryl methyl sites for hydroxylation is 1. The van der Waals surface area contributed by atoms with E-state index in [9.17, 15) is 4.79 Å². The fourth-order valence-electron chi connectivity index (χ4n) is 3.20. The smallest absolute Gasteiger partial charge is 0.266 e. The van der Waals surface area contributed by atoms with E-state index >= 15 is 0 Å². The molecule has 0 aliphatic carbocycles. The normalized spacial score (nSPS) is 11.2. The highest BCUT2D eigenvalue weighted by Gasteiger charge is 2.16. The van der Waals surface area contributed by atoms with Crippen molar-refractivity contribution in [2.24, 2.45) is 0 Å². The largest absolute Gasteiger partial charge is 0.436 e. The predicted molar refractivity (Wildman–Crippen MR) is 112 cm³/mol. The van der Waals surface area contributed by atoms with Gasteiger partial charge >= 0.3 is 0 Å². The average molecular weight is 385 g/mol. The molecule has 5 nitrogen and oxygen atoms in total. The number of pyridine rings is 1. The minimum atomic E-state index is -0.117. The van der Waals surface area contributed by atoms with Gasteiger partial charge in [0.25, 0.3) is 5.91 Å². The van der Waals surface area contributed by atoms with Gasteiger partial charge in [0.15, 0.2) is 5.58 Å². The zero-order valence-electron chi connectivity index (χ0n) is 15.0. The van der Waals surface area contributed by atoms with E-state index in [0.29, 0.717) is 22.7 Å². The second-order valence-electron chi connectivity index (χ2n) is 6.45. The van der Waals surface area contributed by atoms with Crippen molar-refractivity contribution in [1.82, 2.24) is 9.97 Å². The van der Waals surface area contributed by atoms with E-state index in [0.717, 1.165) is 26.1 Å². The highest BCUT2D eigenvalue weighted by atomic mass is 32.1. The fourth-order valence-corrected chi connectivity index (χ4v) is 4.30. The van der Waals surface area contributed by atoms with Gasteiger partial charge in [0.05, 0.1) is 10.4 Å². The molecular weight excluding hydrogens is 370 g/mol. The second kappa shape index (κ2) is 6.58. The van der Waals surface area contributed by atoms with Gasteiger partial charge in [-0.3, -0.25) is 9.78 Å². The molecule has 136 valence electrons. The first-order valence-corrected chi connectivity index (χ1v) is 9.61. The van der Waals surface area contributed by atoms with E-state index in [-0.39, 0.29) is 5.91 Å². The van der Waals surface area contributed by atoms with Crippen LogP contribution in [0, 0.1) is 6.92 Å². The molecule has 28 heavy (non-hydrogen) atoms. The summed E-state index contributed by atoms with van der Waals surface area (Å²) in [5.74, 6) is 0.390. The lowest BCUT2D eigenvalue weighted by molar-refractivity contribution is 0.103. The molecule has 0 saturated carbocycles. The van der Waals surface area contributed by atoms with Crippen molar-refractivity contribution in [2.45, 2.75) is 6.92 Å². The first-order valence-electron chi connectivity index (χ1n) is 8.79. The third kappa shape index (κ3) is 2.84. The van der Waals surface area contributed by atoms with Crippen LogP contribution in [0.4, 0.5) is 5.69 Å². The minimum Gasteiger partial charge on any atom is -0.436 e. The van der Waals surface area contributed by atoms with Crippen LogP contribution in [0.5, 0.6) is 0 Å². The van der Waals surface area contributed by atoms with Crippen molar-refractivity contribution < 1.29 is 9.21 Å². The number of rotatable bonds is 3. The molecule has 0 aliphatic heterocycles. The van der Waals surface area contributed by atoms with E-state index in [1.807, 2.05) is 61.5 Å². The van der Waals surface area contributed by atoms with Gasteiger partial charge in [-0.1, -0.05) is 18.2 Å². The van der Waals surface area contributed by atoms with Gasteiger partial charge in [-0.2, -0.15) is 0 Å². The number of amides is 1. The topological polar surface area (TPSA) is 68.0 Å². The lowest BCUT2D eigenvalue weighted by atomic mass is 10.1. The average Bonchev–Trinajstić information content (AvgIpc) is 3.30. The molecule has 1 amide bonds. The Morgan fingerprint density at radius 2 is 2.00 bits per heavy atom. The predicted octanol–water partition coefficient (Wildman–Crippen LogP) is 5.67. The van der Waals surface area contributed by atoms with Crippen molar-refractivity contribution in [3.8, 4) is 11.5 Å². The number of hydrogen-bond acceptors (Lipinski definition) is 5. The first kappa shape index (κ1) is 16.6. The molecule has 1 N–H and O–H groups in total. The molecule has 0 atom stereocenters. The number of fused-ring (bicyclic) bond motifs is 2. The van der Waals surface area contributed by atoms with Gasteiger partial charge in [0.2, 0.25) is 5.89 Å². The fraction of sp³-hybridized carbons (Fsp3) is 0.0455. The highest BCUT2D eigenvalue weighted by molar-refractivity contribution is 7.21. The number of hydrogen-bond donors (Lipinski definition) is 1. The molecule has 0 saturated heterocycles. The van der Waals surface area contributed by atoms with E-state index < -0.39 is 0 Å². The lowest BCUT2D eigenvalue weighted by Gasteiger charge is -2.04. The molecule has 5 rings (SSSR count). The van der Waals surface area contributed by atoms with Crippen LogP contribution in [0.15, 0.2) is 71.4 Å². The SMILES string of the molecule is Cc1c(C(=O)Nc2ccc3oc(-c4cccnc4)nc3c2)sc2ccccc12. The first-order chi connectivity index (χ1) is 13.7. The molecule has 0 spiro atoms. The van der Waals surface area contributed by atoms with Crippen LogP contribution < -0.4 is 5.32 Å². The molecule has 5 aromatic rings. The number of carbonyl (C=O) groups is 1. The summed E-state index contributed by atoms with van der Waals surface area (Å²) in [6, 6.07) is 17.2. The van der Waals surface area contributed by atoms with Crippen molar-refractivity contribution >= 4 is 44.1 Å². The summed E-state index contributed by atoms with van der Waals surface area (Å²) in [5, 5.41) is 4.10. The van der Waals surface area contributed by atoms with Gasteiger partial charge in [-0.05, 0) is 54.3 Å². The van der Waals surface area contributed by atoms with Crippen LogP contribution in [0.2, 0.25) is 0 Å². The van der Waals surface area contributed by atoms with E-state index in [1.54, 1.807) is 12.4 Å². The van der Waals surface area contributed by atoms with Crippen LogP contribution in [-0.4, -0.2) is 15.9 Å². The summed E-state index contributed by atoms with van der Waals surface area (Å²) in [6.45, 7) is 1.98. The van der Waals surface area contributed by atoms with Crippen molar-refractivity contribution in [3.05, 3.63) is 77.4 Å². The van der Waals surface area contributed by atoms with Gasteiger partial charge < -0.3 is 9.73 Å². The number of anilines is 1. The van der Waals surface area contributed by atoms with Crippen LogP contribution >= 0.6 is 11.3 Å². The Bertz CT molecular complexity index is 1320. The Hall–Kier alpha value is -3.51. The number of oxazole rings is 1. The summed E-state index contributed by atoms with van der Waals surface area (Å²) in [4.78, 5) is 22.1. The quantitative estimate of drug-likeness (QED) is 0.435. The summed E-state index contributed by atoms with van der Waals surface area (Å²) >= 11 is 1.50. The van der Waals surface area contributed by atoms with Gasteiger partial charge in [-0.15, -0.1) is 11.3 Å². The van der Waals surface area contributed by atoms with Crippen molar-refractivity contribution in [1.29, 1.82) is 0 Å². The van der Waals surface area contributed by atoms with Gasteiger partial charge in [-0.25, -0.2) is 4.98 Å². The maximum atomic E-state index is 12.8. The molecule has 0 aliphatic rings. The van der Waals surface area contributed by atoms with E-state index in [4.69, 9.17) is 4.42 Å². The Balaban J connectivity index is 1.46. The van der Waals surface area contributed by atoms with Crippen LogP contribution in [0.3, 0.4) is 0 Å². The Kier molecular flexibility index (Phi) is 3.91. The summed E-state index contributed by atoms with van der Waals surface area (Å²) in [6.07, 6.45) is 3.41. The van der Waals surface area contributed by atoms with E-state index in [1.165, 1.54) is 11.3 Å². The molecular formula is C22H15N3O2S. The molecule has 0 fully saturated rings. The van der Waals surface area contributed by atoms with Crippen LogP contribution in [-0.2, 0) is 0 Å². The second-order valence-corrected chi connectivity index (χ2v) is 7.50. The molecule has 6 heteroatoms. The number of carbonyl (C=O) groups excluding carboxylic acids is 1. The molecule has 0 radical (unpaired) electrons. The number of nitrogens with zero attached hydrogens (tertiary/aromatic N) is 2. The van der Waals surface area contributed by atoms with Crippen LogP contribution in [0.25, 0.3) is 32.6 Å². The Labute approximate surface area is 164 Å². The molecule has 0 unspecified atom stereocenters. The molecule has 3 heterocycles. The number of thiophene rings is 1. The molecule has 3 aromatic heterocycles. The maximum Gasteiger partial charge on any atom is 0.266 e. The third-order valence-corrected chi connectivity index (χ3v) is 5.88. The summed E-state index contributed by atoms with van der Waals surface area (Å²) < 4.78 is 6.91. The van der Waals surface area contributed by atoms with Crippen molar-refractivity contribution in [2.75, 3.05) is 5.32 Å². The number of benzene rings is 2. The molecule has 0 bridgehead atoms. The minimum absolute atomic E-state index is 0.117. The summed E-state index contributed by atoms with van der Waals surface area (Å²) in [5.41, 5.74) is 3.84. The van der Waals surface area contributed by atoms with Gasteiger partial charge in [0, 0.05) is 22.8 Å². The Morgan fingerprint density at radius 3 is 2.82 bits per heavy atom. The lowest BCUT2D eigenvalue weighted by Crippen LogP contribution is -2.11. The number of nitrogens with one attached hydrogen (secondary N) is 1. The van der Waals surface area contributed by atoms with Crippen LogP contribution in [0.1, 0.15) is 15.2 Å². The Morgan fingerprint density at radius 1 is 1.11 bits per heavy atom. The van der Waals surface area contributed by atoms with Gasteiger partial charge in [0.1, 0.15) is 5.52 Å². The zero-order valence-corrected chi connectivity index (χ0v) is 15.8. The maximum absolute atomic E-state index is 12.8. The van der Waals surface area contributed by atoms with E-state index in [2.05, 4.69) is 15.3 Å². The summed E-state index contributed by atoms with van der Waals surface area (Å²) in [7, 11) is 0. The monoisotopic (exact) mass is 385 g/mol.